The normalized spacial score (nSPS) is 11.4. The number of aromatic nitrogens is 2. The van der Waals surface area contributed by atoms with E-state index >= 15 is 0 Å². The Labute approximate surface area is 122 Å². The predicted molar refractivity (Wildman–Crippen MR) is 81.8 cm³/mol. The van der Waals surface area contributed by atoms with Crippen LogP contribution in [-0.2, 0) is 0 Å². The Hall–Kier alpha value is -2.69. The summed E-state index contributed by atoms with van der Waals surface area (Å²) < 4.78 is 7.12. The van der Waals surface area contributed by atoms with Crippen LogP contribution in [0.25, 0.3) is 5.65 Å². The Bertz CT molecular complexity index is 820. The molecule has 0 unspecified atom stereocenters. The SMILES string of the molecule is COc1cccc(N=Nc2c(C)nc3cc(C)ccn23)c1. The van der Waals surface area contributed by atoms with Crippen molar-refractivity contribution in [3.63, 3.8) is 0 Å². The van der Waals surface area contributed by atoms with Crippen molar-refractivity contribution < 1.29 is 4.74 Å². The van der Waals surface area contributed by atoms with Gasteiger partial charge in [-0.3, -0.25) is 4.40 Å². The van der Waals surface area contributed by atoms with Crippen LogP contribution in [-0.4, -0.2) is 16.5 Å². The van der Waals surface area contributed by atoms with Crippen LogP contribution in [0, 0.1) is 13.8 Å². The van der Waals surface area contributed by atoms with Gasteiger partial charge in [-0.25, -0.2) is 4.98 Å². The fourth-order valence-electron chi connectivity index (χ4n) is 2.15. The van der Waals surface area contributed by atoms with Gasteiger partial charge in [0.25, 0.3) is 0 Å². The number of methoxy groups -OCH3 is 1. The number of azo groups is 1. The number of ether oxygens (including phenoxy) is 1. The van der Waals surface area contributed by atoms with Crippen LogP contribution in [0.4, 0.5) is 11.5 Å². The monoisotopic (exact) mass is 280 g/mol. The molecule has 106 valence electrons. The van der Waals surface area contributed by atoms with Gasteiger partial charge in [0.1, 0.15) is 11.4 Å². The lowest BCUT2D eigenvalue weighted by molar-refractivity contribution is 0.415. The van der Waals surface area contributed by atoms with Crippen molar-refractivity contribution in [2.24, 2.45) is 10.2 Å². The maximum absolute atomic E-state index is 5.18. The number of nitrogens with zero attached hydrogens (tertiary/aromatic N) is 4. The molecule has 0 aliphatic carbocycles. The van der Waals surface area contributed by atoms with Crippen molar-refractivity contribution in [2.75, 3.05) is 7.11 Å². The smallest absolute Gasteiger partial charge is 0.182 e. The van der Waals surface area contributed by atoms with Gasteiger partial charge < -0.3 is 4.74 Å². The highest BCUT2D eigenvalue weighted by molar-refractivity contribution is 5.53. The van der Waals surface area contributed by atoms with Gasteiger partial charge in [0.05, 0.1) is 18.5 Å². The van der Waals surface area contributed by atoms with Gasteiger partial charge >= 0.3 is 0 Å². The van der Waals surface area contributed by atoms with E-state index in [1.54, 1.807) is 7.11 Å². The third kappa shape index (κ3) is 2.63. The van der Waals surface area contributed by atoms with Gasteiger partial charge in [-0.15, -0.1) is 10.2 Å². The number of hydrogen-bond acceptors (Lipinski definition) is 4. The maximum Gasteiger partial charge on any atom is 0.182 e. The zero-order valence-corrected chi connectivity index (χ0v) is 12.2. The van der Waals surface area contributed by atoms with Crippen LogP contribution in [0.5, 0.6) is 5.75 Å². The van der Waals surface area contributed by atoms with Crippen LogP contribution in [0.1, 0.15) is 11.3 Å². The lowest BCUT2D eigenvalue weighted by Crippen LogP contribution is -1.84. The molecule has 0 bridgehead atoms. The molecular formula is C16H16N4O. The predicted octanol–water partition coefficient (Wildman–Crippen LogP) is 4.38. The molecule has 0 aliphatic rings. The minimum absolute atomic E-state index is 0.743. The first-order chi connectivity index (χ1) is 10.2. The van der Waals surface area contributed by atoms with Crippen molar-refractivity contribution in [3.8, 4) is 5.75 Å². The highest BCUT2D eigenvalue weighted by Gasteiger charge is 2.07. The fourth-order valence-corrected chi connectivity index (χ4v) is 2.15. The summed E-state index contributed by atoms with van der Waals surface area (Å²) in [6.07, 6.45) is 1.96. The third-order valence-corrected chi connectivity index (χ3v) is 3.24. The minimum atomic E-state index is 0.743. The average Bonchev–Trinajstić information content (AvgIpc) is 2.80. The van der Waals surface area contributed by atoms with Crippen LogP contribution in [0.3, 0.4) is 0 Å². The summed E-state index contributed by atoms with van der Waals surface area (Å²) in [5, 5.41) is 8.61. The molecule has 0 N–H and O–H groups in total. The quantitative estimate of drug-likeness (QED) is 0.669. The summed E-state index contributed by atoms with van der Waals surface area (Å²) in [7, 11) is 1.63. The lowest BCUT2D eigenvalue weighted by Gasteiger charge is -2.00. The molecule has 0 spiro atoms. The summed E-state index contributed by atoms with van der Waals surface area (Å²) in [5.74, 6) is 1.50. The molecule has 3 aromatic rings. The van der Waals surface area contributed by atoms with Gasteiger partial charge in [-0.2, -0.15) is 0 Å². The number of aryl methyl sites for hydroxylation is 2. The van der Waals surface area contributed by atoms with E-state index in [0.717, 1.165) is 28.6 Å². The van der Waals surface area contributed by atoms with Gasteiger partial charge in [-0.05, 0) is 43.7 Å². The number of rotatable bonds is 3. The van der Waals surface area contributed by atoms with Gasteiger partial charge in [0.15, 0.2) is 5.82 Å². The van der Waals surface area contributed by atoms with Crippen LogP contribution >= 0.6 is 0 Å². The van der Waals surface area contributed by atoms with Crippen LogP contribution < -0.4 is 4.74 Å². The largest absolute Gasteiger partial charge is 0.497 e. The van der Waals surface area contributed by atoms with E-state index in [9.17, 15) is 0 Å². The van der Waals surface area contributed by atoms with Crippen molar-refractivity contribution in [1.29, 1.82) is 0 Å². The van der Waals surface area contributed by atoms with Gasteiger partial charge in [0.2, 0.25) is 0 Å². The maximum atomic E-state index is 5.18. The van der Waals surface area contributed by atoms with Crippen LogP contribution in [0.15, 0.2) is 52.8 Å². The zero-order valence-electron chi connectivity index (χ0n) is 12.2. The molecule has 21 heavy (non-hydrogen) atoms. The molecule has 0 amide bonds. The summed E-state index contributed by atoms with van der Waals surface area (Å²) in [6.45, 7) is 3.98. The molecule has 5 nitrogen and oxygen atoms in total. The molecule has 0 saturated heterocycles. The molecule has 3 rings (SSSR count). The Kier molecular flexibility index (Phi) is 3.39. The van der Waals surface area contributed by atoms with E-state index in [1.807, 2.05) is 60.8 Å². The van der Waals surface area contributed by atoms with E-state index in [0.29, 0.717) is 0 Å². The highest BCUT2D eigenvalue weighted by Crippen LogP contribution is 2.25. The topological polar surface area (TPSA) is 51.2 Å². The first-order valence-corrected chi connectivity index (χ1v) is 6.68. The van der Waals surface area contributed by atoms with Crippen molar-refractivity contribution in [1.82, 2.24) is 9.38 Å². The summed E-state index contributed by atoms with van der Waals surface area (Å²) in [4.78, 5) is 4.50. The fraction of sp³-hybridized carbons (Fsp3) is 0.188. The van der Waals surface area contributed by atoms with E-state index in [4.69, 9.17) is 4.74 Å². The van der Waals surface area contributed by atoms with E-state index in [1.165, 1.54) is 5.56 Å². The molecule has 0 atom stereocenters. The molecule has 2 aromatic heterocycles. The molecule has 5 heteroatoms. The minimum Gasteiger partial charge on any atom is -0.497 e. The molecule has 2 heterocycles. The molecule has 1 aromatic carbocycles. The molecule has 0 radical (unpaired) electrons. The Morgan fingerprint density at radius 2 is 1.95 bits per heavy atom. The van der Waals surface area contributed by atoms with Crippen LogP contribution in [0.2, 0.25) is 0 Å². The number of fused-ring (bicyclic) bond motifs is 1. The lowest BCUT2D eigenvalue weighted by atomic mass is 10.3. The second-order valence-electron chi connectivity index (χ2n) is 4.85. The second kappa shape index (κ2) is 5.36. The van der Waals surface area contributed by atoms with Crippen molar-refractivity contribution in [3.05, 3.63) is 53.9 Å². The van der Waals surface area contributed by atoms with Gasteiger partial charge in [0, 0.05) is 12.3 Å². The number of pyridine rings is 1. The first kappa shape index (κ1) is 13.3. The molecule has 0 saturated carbocycles. The number of imidazole rings is 1. The average molecular weight is 280 g/mol. The molecule has 0 fully saturated rings. The highest BCUT2D eigenvalue weighted by atomic mass is 16.5. The standard InChI is InChI=1S/C16H16N4O/c1-11-7-8-20-15(9-11)17-12(2)16(20)19-18-13-5-4-6-14(10-13)21-3/h4-10H,1-3H3. The van der Waals surface area contributed by atoms with E-state index in [-0.39, 0.29) is 0 Å². The number of hydrogen-bond donors (Lipinski definition) is 0. The summed E-state index contributed by atoms with van der Waals surface area (Å²) in [5.41, 5.74) is 3.65. The van der Waals surface area contributed by atoms with Crippen molar-refractivity contribution in [2.45, 2.75) is 13.8 Å². The Morgan fingerprint density at radius 3 is 2.76 bits per heavy atom. The zero-order chi connectivity index (χ0) is 14.8. The summed E-state index contributed by atoms with van der Waals surface area (Å²) >= 11 is 0. The Balaban J connectivity index is 2.00. The van der Waals surface area contributed by atoms with E-state index < -0.39 is 0 Å². The van der Waals surface area contributed by atoms with Gasteiger partial charge in [-0.1, -0.05) is 6.07 Å². The number of benzene rings is 1. The second-order valence-corrected chi connectivity index (χ2v) is 4.85. The molecule has 0 aliphatic heterocycles. The summed E-state index contributed by atoms with van der Waals surface area (Å²) in [6, 6.07) is 11.5. The molecular weight excluding hydrogens is 264 g/mol. The third-order valence-electron chi connectivity index (χ3n) is 3.24. The first-order valence-electron chi connectivity index (χ1n) is 6.68. The van der Waals surface area contributed by atoms with E-state index in [2.05, 4.69) is 15.2 Å². The Morgan fingerprint density at radius 1 is 1.10 bits per heavy atom. The van der Waals surface area contributed by atoms with Crippen molar-refractivity contribution >= 4 is 17.2 Å².